The maximum absolute atomic E-state index is 9.94. The quantitative estimate of drug-likeness (QED) is 0.876. The van der Waals surface area contributed by atoms with Crippen LogP contribution < -0.4 is 0 Å². The highest BCUT2D eigenvalue weighted by Gasteiger charge is 2.24. The summed E-state index contributed by atoms with van der Waals surface area (Å²) in [5.41, 5.74) is 3.54. The third-order valence-corrected chi connectivity index (χ3v) is 4.23. The van der Waals surface area contributed by atoms with Crippen LogP contribution >= 0.6 is 11.6 Å². The maximum Gasteiger partial charge on any atom is 0.134 e. The number of halogens is 1. The number of aromatic nitrogens is 1. The van der Waals surface area contributed by atoms with Gasteiger partial charge in [-0.3, -0.25) is 4.98 Å². The summed E-state index contributed by atoms with van der Waals surface area (Å²) in [6.45, 7) is 1.91. The predicted molar refractivity (Wildman–Crippen MR) is 80.4 cm³/mol. The molecule has 0 saturated heterocycles. The van der Waals surface area contributed by atoms with Crippen molar-refractivity contribution >= 4 is 11.6 Å². The zero-order chi connectivity index (χ0) is 14.1. The van der Waals surface area contributed by atoms with Crippen molar-refractivity contribution in [2.24, 2.45) is 0 Å². The number of fused-ring (bicyclic) bond motifs is 1. The summed E-state index contributed by atoms with van der Waals surface area (Å²) in [6.07, 6.45) is 4.63. The first-order valence-electron chi connectivity index (χ1n) is 6.75. The number of benzene rings is 1. The smallest absolute Gasteiger partial charge is 0.134 e. The molecule has 1 unspecified atom stereocenters. The van der Waals surface area contributed by atoms with Gasteiger partial charge in [-0.1, -0.05) is 17.7 Å². The minimum absolute atomic E-state index is 0.156. The average Bonchev–Trinajstić information content (AvgIpc) is 2.61. The molecule has 0 fully saturated rings. The number of aromatic hydroxyl groups is 1. The molecule has 0 saturated carbocycles. The van der Waals surface area contributed by atoms with Gasteiger partial charge in [0.2, 0.25) is 0 Å². The van der Waals surface area contributed by atoms with Crippen LogP contribution in [0.25, 0.3) is 0 Å². The van der Waals surface area contributed by atoms with E-state index in [1.165, 1.54) is 11.1 Å². The Balaban J connectivity index is 2.12. The summed E-state index contributed by atoms with van der Waals surface area (Å²) in [6, 6.07) is 7.76. The van der Waals surface area contributed by atoms with Crippen LogP contribution in [0, 0.1) is 0 Å². The highest BCUT2D eigenvalue weighted by Crippen LogP contribution is 2.36. The molecule has 1 aliphatic heterocycles. The van der Waals surface area contributed by atoms with E-state index in [0.29, 0.717) is 5.02 Å². The predicted octanol–water partition coefficient (Wildman–Crippen LogP) is 3.06. The van der Waals surface area contributed by atoms with Gasteiger partial charge in [0, 0.05) is 31.4 Å². The highest BCUT2D eigenvalue weighted by atomic mass is 35.5. The van der Waals surface area contributed by atoms with Crippen LogP contribution in [0.5, 0.6) is 5.75 Å². The van der Waals surface area contributed by atoms with Crippen molar-refractivity contribution in [2.45, 2.75) is 12.3 Å². The van der Waals surface area contributed by atoms with Crippen LogP contribution in [-0.4, -0.2) is 35.1 Å². The van der Waals surface area contributed by atoms with Crippen LogP contribution in [0.2, 0.25) is 5.02 Å². The van der Waals surface area contributed by atoms with Gasteiger partial charge < -0.3 is 10.0 Å². The lowest BCUT2D eigenvalue weighted by atomic mass is 9.88. The van der Waals surface area contributed by atoms with Gasteiger partial charge in [-0.05, 0) is 48.4 Å². The molecule has 1 aromatic heterocycles. The molecular formula is C16H17ClN2O. The van der Waals surface area contributed by atoms with E-state index < -0.39 is 0 Å². The van der Waals surface area contributed by atoms with Crippen LogP contribution in [0.3, 0.4) is 0 Å². The van der Waals surface area contributed by atoms with Crippen molar-refractivity contribution in [3.8, 4) is 5.75 Å². The lowest BCUT2D eigenvalue weighted by Gasteiger charge is -2.21. The van der Waals surface area contributed by atoms with E-state index in [9.17, 15) is 5.11 Å². The molecule has 1 aliphatic rings. The summed E-state index contributed by atoms with van der Waals surface area (Å²) in [7, 11) is 2.12. The maximum atomic E-state index is 9.94. The van der Waals surface area contributed by atoms with Crippen LogP contribution in [0.1, 0.15) is 22.6 Å². The molecule has 4 heteroatoms. The Labute approximate surface area is 123 Å². The van der Waals surface area contributed by atoms with Crippen LogP contribution in [0.4, 0.5) is 0 Å². The summed E-state index contributed by atoms with van der Waals surface area (Å²) in [5, 5.41) is 10.4. The molecule has 0 bridgehead atoms. The molecule has 1 atom stereocenters. The second-order valence-electron chi connectivity index (χ2n) is 5.35. The topological polar surface area (TPSA) is 36.4 Å². The summed E-state index contributed by atoms with van der Waals surface area (Å²) in [4.78, 5) is 6.53. The van der Waals surface area contributed by atoms with Crippen molar-refractivity contribution in [3.05, 3.63) is 58.4 Å². The molecule has 0 radical (unpaired) electrons. The van der Waals surface area contributed by atoms with Gasteiger partial charge in [0.25, 0.3) is 0 Å². The van der Waals surface area contributed by atoms with Crippen molar-refractivity contribution in [2.75, 3.05) is 20.1 Å². The number of phenols is 1. The molecule has 0 amide bonds. The Kier molecular flexibility index (Phi) is 3.64. The van der Waals surface area contributed by atoms with Crippen molar-refractivity contribution in [1.82, 2.24) is 9.88 Å². The lowest BCUT2D eigenvalue weighted by molar-refractivity contribution is 0.337. The number of likely N-dealkylation sites (N-methyl/N-ethyl adjacent to an activating group) is 1. The van der Waals surface area contributed by atoms with E-state index in [0.717, 1.165) is 25.1 Å². The Morgan fingerprint density at radius 2 is 2.25 bits per heavy atom. The van der Waals surface area contributed by atoms with Gasteiger partial charge in [-0.15, -0.1) is 0 Å². The van der Waals surface area contributed by atoms with Gasteiger partial charge in [0.15, 0.2) is 0 Å². The molecule has 104 valence electrons. The van der Waals surface area contributed by atoms with Gasteiger partial charge in [0.1, 0.15) is 5.75 Å². The summed E-state index contributed by atoms with van der Waals surface area (Å²) < 4.78 is 0. The number of pyridine rings is 1. The second-order valence-corrected chi connectivity index (χ2v) is 5.76. The van der Waals surface area contributed by atoms with Crippen molar-refractivity contribution in [1.29, 1.82) is 0 Å². The van der Waals surface area contributed by atoms with Gasteiger partial charge in [-0.25, -0.2) is 0 Å². The molecular weight excluding hydrogens is 272 g/mol. The second kappa shape index (κ2) is 5.43. The lowest BCUT2D eigenvalue weighted by Crippen LogP contribution is -2.24. The molecule has 2 aromatic rings. The molecule has 0 aliphatic carbocycles. The monoisotopic (exact) mass is 288 g/mol. The Morgan fingerprint density at radius 1 is 1.40 bits per heavy atom. The number of hydrogen-bond donors (Lipinski definition) is 1. The van der Waals surface area contributed by atoms with E-state index >= 15 is 0 Å². The minimum Gasteiger partial charge on any atom is -0.506 e. The Morgan fingerprint density at radius 3 is 3.00 bits per heavy atom. The number of nitrogens with zero attached hydrogens (tertiary/aromatic N) is 2. The molecule has 1 aromatic carbocycles. The third kappa shape index (κ3) is 2.51. The number of phenolic OH excluding ortho intramolecular Hbond substituents is 1. The number of hydrogen-bond acceptors (Lipinski definition) is 3. The van der Waals surface area contributed by atoms with Gasteiger partial charge in [0.05, 0.1) is 5.02 Å². The first-order valence-corrected chi connectivity index (χ1v) is 7.12. The molecule has 1 N–H and O–H groups in total. The minimum atomic E-state index is 0.156. The van der Waals surface area contributed by atoms with Crippen LogP contribution in [0.15, 0.2) is 36.7 Å². The third-order valence-electron chi connectivity index (χ3n) is 3.93. The van der Waals surface area contributed by atoms with E-state index in [4.69, 9.17) is 11.6 Å². The van der Waals surface area contributed by atoms with Crippen LogP contribution in [-0.2, 0) is 6.42 Å². The fraction of sp³-hybridized carbons (Fsp3) is 0.312. The molecule has 20 heavy (non-hydrogen) atoms. The zero-order valence-corrected chi connectivity index (χ0v) is 12.1. The fourth-order valence-corrected chi connectivity index (χ4v) is 3.03. The molecule has 3 nitrogen and oxygen atoms in total. The normalized spacial score (nSPS) is 19.4. The van der Waals surface area contributed by atoms with E-state index in [1.54, 1.807) is 6.20 Å². The zero-order valence-electron chi connectivity index (χ0n) is 11.4. The van der Waals surface area contributed by atoms with E-state index in [2.05, 4.69) is 23.0 Å². The van der Waals surface area contributed by atoms with E-state index in [-0.39, 0.29) is 11.7 Å². The number of rotatable bonds is 1. The largest absolute Gasteiger partial charge is 0.506 e. The SMILES string of the molecule is CN1CCc2cc(Cl)c(O)cc2C(c2cccnc2)C1. The van der Waals surface area contributed by atoms with Crippen molar-refractivity contribution < 1.29 is 5.11 Å². The van der Waals surface area contributed by atoms with Gasteiger partial charge >= 0.3 is 0 Å². The standard InChI is InChI=1S/C16H17ClN2O/c1-19-6-4-11-7-15(17)16(20)8-13(11)14(10-19)12-3-2-5-18-9-12/h2-3,5,7-9,14,20H,4,6,10H2,1H3. The molecule has 0 spiro atoms. The summed E-state index contributed by atoms with van der Waals surface area (Å²) >= 11 is 6.05. The van der Waals surface area contributed by atoms with Gasteiger partial charge in [-0.2, -0.15) is 0 Å². The van der Waals surface area contributed by atoms with Crippen molar-refractivity contribution in [3.63, 3.8) is 0 Å². The fourth-order valence-electron chi connectivity index (χ4n) is 2.84. The first kappa shape index (κ1) is 13.4. The average molecular weight is 289 g/mol. The molecule has 2 heterocycles. The Bertz CT molecular complexity index is 615. The molecule has 3 rings (SSSR count). The first-order chi connectivity index (χ1) is 9.65. The highest BCUT2D eigenvalue weighted by molar-refractivity contribution is 6.32. The Hall–Kier alpha value is -1.58. The summed E-state index contributed by atoms with van der Waals surface area (Å²) in [5.74, 6) is 0.373. The van der Waals surface area contributed by atoms with E-state index in [1.807, 2.05) is 24.4 Å².